The first-order valence-corrected chi connectivity index (χ1v) is 7.28. The average molecular weight is 324 g/mol. The van der Waals surface area contributed by atoms with Crippen molar-refractivity contribution < 1.29 is 18.0 Å². The predicted octanol–water partition coefficient (Wildman–Crippen LogP) is 4.24. The van der Waals surface area contributed by atoms with Gasteiger partial charge in [-0.3, -0.25) is 4.79 Å². The molecule has 2 aromatic rings. The lowest BCUT2D eigenvalue weighted by atomic mass is 10.1. The summed E-state index contributed by atoms with van der Waals surface area (Å²) in [5, 5.41) is 0. The van der Waals surface area contributed by atoms with Crippen LogP contribution >= 0.6 is 0 Å². The number of carbonyl (C=O) groups is 1. The van der Waals surface area contributed by atoms with Crippen molar-refractivity contribution in [1.29, 1.82) is 0 Å². The first-order chi connectivity index (χ1) is 10.6. The van der Waals surface area contributed by atoms with Crippen LogP contribution in [0.15, 0.2) is 30.3 Å². The molecule has 1 amide bonds. The van der Waals surface area contributed by atoms with E-state index in [2.05, 4.69) is 0 Å². The van der Waals surface area contributed by atoms with E-state index in [0.29, 0.717) is 29.3 Å². The molecule has 124 valence electrons. The number of primary amides is 1. The van der Waals surface area contributed by atoms with Gasteiger partial charge >= 0.3 is 6.18 Å². The van der Waals surface area contributed by atoms with Crippen LogP contribution in [0.25, 0.3) is 11.3 Å². The van der Waals surface area contributed by atoms with Gasteiger partial charge in [-0.2, -0.15) is 13.2 Å². The molecule has 1 heterocycles. The molecule has 1 aromatic heterocycles. The molecular formula is C17H19F3N2O. The summed E-state index contributed by atoms with van der Waals surface area (Å²) < 4.78 is 40.0. The molecule has 0 atom stereocenters. The minimum absolute atomic E-state index is 0.315. The second-order valence-electron chi connectivity index (χ2n) is 5.97. The SMILES string of the molecule is Cc1c(C(N)=O)cc(-c2ccc(C(F)(F)F)cc2)n1CC(C)C. The van der Waals surface area contributed by atoms with Crippen molar-refractivity contribution in [3.8, 4) is 11.3 Å². The summed E-state index contributed by atoms with van der Waals surface area (Å²) in [5.41, 5.74) is 7.11. The van der Waals surface area contributed by atoms with Gasteiger partial charge in [-0.1, -0.05) is 26.0 Å². The van der Waals surface area contributed by atoms with E-state index in [1.54, 1.807) is 13.0 Å². The summed E-state index contributed by atoms with van der Waals surface area (Å²) in [7, 11) is 0. The molecule has 2 rings (SSSR count). The fraction of sp³-hybridized carbons (Fsp3) is 0.353. The monoisotopic (exact) mass is 324 g/mol. The van der Waals surface area contributed by atoms with Gasteiger partial charge < -0.3 is 10.3 Å². The average Bonchev–Trinajstić information content (AvgIpc) is 2.75. The fourth-order valence-electron chi connectivity index (χ4n) is 2.56. The highest BCUT2D eigenvalue weighted by Crippen LogP contribution is 2.32. The number of amides is 1. The molecule has 1 aromatic carbocycles. The zero-order valence-electron chi connectivity index (χ0n) is 13.2. The highest BCUT2D eigenvalue weighted by atomic mass is 19.4. The Labute approximate surface area is 132 Å². The van der Waals surface area contributed by atoms with Crippen molar-refractivity contribution in [2.45, 2.75) is 33.5 Å². The van der Waals surface area contributed by atoms with Gasteiger partial charge in [0.15, 0.2) is 0 Å². The molecule has 0 aliphatic rings. The molecule has 2 N–H and O–H groups in total. The smallest absolute Gasteiger partial charge is 0.366 e. The Morgan fingerprint density at radius 2 is 1.78 bits per heavy atom. The van der Waals surface area contributed by atoms with E-state index in [-0.39, 0.29) is 0 Å². The van der Waals surface area contributed by atoms with Gasteiger partial charge in [0.25, 0.3) is 5.91 Å². The van der Waals surface area contributed by atoms with Gasteiger partial charge in [0.2, 0.25) is 0 Å². The first kappa shape index (κ1) is 17.1. The van der Waals surface area contributed by atoms with E-state index >= 15 is 0 Å². The molecular weight excluding hydrogens is 305 g/mol. The molecule has 23 heavy (non-hydrogen) atoms. The number of benzene rings is 1. The minimum atomic E-state index is -4.37. The quantitative estimate of drug-likeness (QED) is 0.898. The Hall–Kier alpha value is -2.24. The van der Waals surface area contributed by atoms with Crippen LogP contribution in [0.1, 0.15) is 35.5 Å². The van der Waals surface area contributed by atoms with Crippen LogP contribution in [0.2, 0.25) is 0 Å². The van der Waals surface area contributed by atoms with E-state index in [1.165, 1.54) is 12.1 Å². The summed E-state index contributed by atoms with van der Waals surface area (Å²) in [4.78, 5) is 11.6. The number of alkyl halides is 3. The van der Waals surface area contributed by atoms with Gasteiger partial charge in [0.1, 0.15) is 0 Å². The van der Waals surface area contributed by atoms with Gasteiger partial charge in [-0.15, -0.1) is 0 Å². The number of nitrogens with two attached hydrogens (primary N) is 1. The second-order valence-corrected chi connectivity index (χ2v) is 5.97. The van der Waals surface area contributed by atoms with Crippen LogP contribution in [0.4, 0.5) is 13.2 Å². The van der Waals surface area contributed by atoms with E-state index in [4.69, 9.17) is 5.73 Å². The highest BCUT2D eigenvalue weighted by Gasteiger charge is 2.30. The Morgan fingerprint density at radius 3 is 2.22 bits per heavy atom. The number of hydrogen-bond donors (Lipinski definition) is 1. The van der Waals surface area contributed by atoms with E-state index in [9.17, 15) is 18.0 Å². The number of aromatic nitrogens is 1. The van der Waals surface area contributed by atoms with Crippen molar-refractivity contribution in [2.75, 3.05) is 0 Å². The molecule has 0 bridgehead atoms. The van der Waals surface area contributed by atoms with Crippen LogP contribution in [-0.4, -0.2) is 10.5 Å². The van der Waals surface area contributed by atoms with Crippen LogP contribution in [0.3, 0.4) is 0 Å². The molecule has 0 saturated carbocycles. The van der Waals surface area contributed by atoms with Gasteiger partial charge in [0.05, 0.1) is 11.1 Å². The molecule has 3 nitrogen and oxygen atoms in total. The number of halogens is 3. The molecule has 0 spiro atoms. The number of rotatable bonds is 4. The molecule has 0 aliphatic carbocycles. The first-order valence-electron chi connectivity index (χ1n) is 7.28. The molecule has 0 fully saturated rings. The summed E-state index contributed by atoms with van der Waals surface area (Å²) in [6.07, 6.45) is -4.37. The second kappa shape index (κ2) is 6.10. The Morgan fingerprint density at radius 1 is 1.22 bits per heavy atom. The Balaban J connectivity index is 2.53. The lowest BCUT2D eigenvalue weighted by Crippen LogP contribution is -2.13. The highest BCUT2D eigenvalue weighted by molar-refractivity contribution is 5.95. The normalized spacial score (nSPS) is 12.0. The van der Waals surface area contributed by atoms with Crippen molar-refractivity contribution in [1.82, 2.24) is 4.57 Å². The number of hydrogen-bond acceptors (Lipinski definition) is 1. The number of nitrogens with zero attached hydrogens (tertiary/aromatic N) is 1. The zero-order chi connectivity index (χ0) is 17.4. The summed E-state index contributed by atoms with van der Waals surface area (Å²) >= 11 is 0. The topological polar surface area (TPSA) is 48.0 Å². The third-order valence-corrected chi connectivity index (χ3v) is 3.69. The zero-order valence-corrected chi connectivity index (χ0v) is 13.2. The van der Waals surface area contributed by atoms with Gasteiger partial charge in [-0.25, -0.2) is 0 Å². The van der Waals surface area contributed by atoms with E-state index in [1.807, 2.05) is 18.4 Å². The van der Waals surface area contributed by atoms with E-state index in [0.717, 1.165) is 17.8 Å². The van der Waals surface area contributed by atoms with Crippen molar-refractivity contribution in [3.63, 3.8) is 0 Å². The number of carbonyl (C=O) groups excluding carboxylic acids is 1. The lowest BCUT2D eigenvalue weighted by Gasteiger charge is -2.15. The lowest BCUT2D eigenvalue weighted by molar-refractivity contribution is -0.137. The van der Waals surface area contributed by atoms with Gasteiger partial charge in [0, 0.05) is 17.9 Å². The summed E-state index contributed by atoms with van der Waals surface area (Å²) in [6, 6.07) is 6.56. The molecule has 0 radical (unpaired) electrons. The third kappa shape index (κ3) is 3.57. The van der Waals surface area contributed by atoms with Gasteiger partial charge in [-0.05, 0) is 36.6 Å². The Bertz CT molecular complexity index is 713. The molecule has 0 unspecified atom stereocenters. The van der Waals surface area contributed by atoms with Crippen molar-refractivity contribution in [2.24, 2.45) is 11.7 Å². The standard InChI is InChI=1S/C17H19F3N2O/c1-10(2)9-22-11(3)14(16(21)23)8-15(22)12-4-6-13(7-5-12)17(18,19)20/h4-8,10H,9H2,1-3H3,(H2,21,23). The van der Waals surface area contributed by atoms with Crippen LogP contribution < -0.4 is 5.73 Å². The van der Waals surface area contributed by atoms with Crippen LogP contribution in [-0.2, 0) is 12.7 Å². The third-order valence-electron chi connectivity index (χ3n) is 3.69. The van der Waals surface area contributed by atoms with Crippen molar-refractivity contribution >= 4 is 5.91 Å². The molecule has 6 heteroatoms. The van der Waals surface area contributed by atoms with Crippen LogP contribution in [0.5, 0.6) is 0 Å². The molecule has 0 aliphatic heterocycles. The predicted molar refractivity (Wildman–Crippen MR) is 83.0 cm³/mol. The maximum Gasteiger partial charge on any atom is 0.416 e. The minimum Gasteiger partial charge on any atom is -0.366 e. The van der Waals surface area contributed by atoms with E-state index < -0.39 is 17.6 Å². The maximum atomic E-state index is 12.7. The fourth-order valence-corrected chi connectivity index (χ4v) is 2.56. The molecule has 0 saturated heterocycles. The summed E-state index contributed by atoms with van der Waals surface area (Å²) in [5.74, 6) is -0.229. The Kier molecular flexibility index (Phi) is 4.54. The van der Waals surface area contributed by atoms with Crippen LogP contribution in [0, 0.1) is 12.8 Å². The maximum absolute atomic E-state index is 12.7. The largest absolute Gasteiger partial charge is 0.416 e. The van der Waals surface area contributed by atoms with Crippen molar-refractivity contribution in [3.05, 3.63) is 47.2 Å². The summed E-state index contributed by atoms with van der Waals surface area (Å²) in [6.45, 7) is 6.49.